The summed E-state index contributed by atoms with van der Waals surface area (Å²) in [4.78, 5) is 0. The first-order valence-corrected chi connectivity index (χ1v) is 4.77. The van der Waals surface area contributed by atoms with Crippen LogP contribution in [-0.4, -0.2) is 0 Å². The van der Waals surface area contributed by atoms with Crippen molar-refractivity contribution >= 4 is 0 Å². The molecule has 1 aromatic carbocycles. The van der Waals surface area contributed by atoms with Crippen molar-refractivity contribution in [1.82, 2.24) is 0 Å². The first kappa shape index (κ1) is 12.1. The van der Waals surface area contributed by atoms with Gasteiger partial charge in [-0.3, -0.25) is 0 Å². The lowest BCUT2D eigenvalue weighted by Crippen LogP contribution is -2.04. The standard InChI is InChI=1S/C9H14N2.C2H6/c1-7-8(5-10)3-2-4-9(7)6-11;1-2/h2-4H,5-6,10-11H2,1H3;1-2H3. The second-order valence-electron chi connectivity index (χ2n) is 2.61. The summed E-state index contributed by atoms with van der Waals surface area (Å²) in [6.07, 6.45) is 0. The summed E-state index contributed by atoms with van der Waals surface area (Å²) in [6, 6.07) is 6.07. The molecule has 0 unspecified atom stereocenters. The smallest absolute Gasteiger partial charge is 0.0180 e. The van der Waals surface area contributed by atoms with Crippen LogP contribution in [-0.2, 0) is 13.1 Å². The van der Waals surface area contributed by atoms with E-state index in [1.807, 2.05) is 32.0 Å². The van der Waals surface area contributed by atoms with Crippen molar-refractivity contribution < 1.29 is 0 Å². The van der Waals surface area contributed by atoms with Crippen LogP contribution in [0.5, 0.6) is 0 Å². The quantitative estimate of drug-likeness (QED) is 0.730. The Bertz CT molecular complexity index is 222. The Morgan fingerprint density at radius 1 is 1.00 bits per heavy atom. The van der Waals surface area contributed by atoms with Crippen LogP contribution in [0.4, 0.5) is 0 Å². The minimum atomic E-state index is 0.597. The van der Waals surface area contributed by atoms with E-state index < -0.39 is 0 Å². The molecule has 0 amide bonds. The van der Waals surface area contributed by atoms with Gasteiger partial charge in [0.25, 0.3) is 0 Å². The molecular formula is C11H20N2. The van der Waals surface area contributed by atoms with Crippen molar-refractivity contribution in [3.8, 4) is 0 Å². The molecule has 0 saturated heterocycles. The molecule has 0 heterocycles. The fraction of sp³-hybridized carbons (Fsp3) is 0.455. The van der Waals surface area contributed by atoms with Crippen LogP contribution in [0, 0.1) is 6.92 Å². The molecular weight excluding hydrogens is 160 g/mol. The van der Waals surface area contributed by atoms with E-state index in [4.69, 9.17) is 11.5 Å². The SMILES string of the molecule is CC.Cc1c(CN)cccc1CN. The number of hydrogen-bond acceptors (Lipinski definition) is 2. The molecule has 0 atom stereocenters. The van der Waals surface area contributed by atoms with E-state index in [-0.39, 0.29) is 0 Å². The Balaban J connectivity index is 0.000000671. The Morgan fingerprint density at radius 3 is 1.69 bits per heavy atom. The van der Waals surface area contributed by atoms with Gasteiger partial charge in [-0.15, -0.1) is 0 Å². The van der Waals surface area contributed by atoms with Crippen LogP contribution in [0.25, 0.3) is 0 Å². The number of benzene rings is 1. The normalized spacial score (nSPS) is 9.00. The number of nitrogens with two attached hydrogens (primary N) is 2. The predicted octanol–water partition coefficient (Wildman–Crippen LogP) is 1.94. The van der Waals surface area contributed by atoms with E-state index in [1.165, 1.54) is 16.7 Å². The van der Waals surface area contributed by atoms with Gasteiger partial charge in [0.2, 0.25) is 0 Å². The highest BCUT2D eigenvalue weighted by atomic mass is 14.5. The average Bonchev–Trinajstić information content (AvgIpc) is 2.21. The van der Waals surface area contributed by atoms with Crippen LogP contribution in [0.2, 0.25) is 0 Å². The van der Waals surface area contributed by atoms with Gasteiger partial charge >= 0.3 is 0 Å². The predicted molar refractivity (Wildman–Crippen MR) is 58.3 cm³/mol. The van der Waals surface area contributed by atoms with Crippen molar-refractivity contribution in [3.05, 3.63) is 34.9 Å². The van der Waals surface area contributed by atoms with E-state index in [0.29, 0.717) is 13.1 Å². The second kappa shape index (κ2) is 6.63. The van der Waals surface area contributed by atoms with Crippen molar-refractivity contribution in [2.75, 3.05) is 0 Å². The summed E-state index contributed by atoms with van der Waals surface area (Å²) in [7, 11) is 0. The largest absolute Gasteiger partial charge is 0.326 e. The number of hydrogen-bond donors (Lipinski definition) is 2. The second-order valence-corrected chi connectivity index (χ2v) is 2.61. The van der Waals surface area contributed by atoms with Crippen molar-refractivity contribution in [2.45, 2.75) is 33.9 Å². The van der Waals surface area contributed by atoms with Gasteiger partial charge < -0.3 is 11.5 Å². The molecule has 1 aromatic rings. The summed E-state index contributed by atoms with van der Waals surface area (Å²) in [5.74, 6) is 0. The van der Waals surface area contributed by atoms with Gasteiger partial charge in [-0.1, -0.05) is 32.0 Å². The molecule has 0 saturated carbocycles. The molecule has 4 N–H and O–H groups in total. The van der Waals surface area contributed by atoms with E-state index in [1.54, 1.807) is 0 Å². The minimum Gasteiger partial charge on any atom is -0.326 e. The van der Waals surface area contributed by atoms with Crippen LogP contribution in [0.1, 0.15) is 30.5 Å². The molecule has 0 aromatic heterocycles. The van der Waals surface area contributed by atoms with E-state index in [9.17, 15) is 0 Å². The third-order valence-corrected chi connectivity index (χ3v) is 2.00. The Morgan fingerprint density at radius 2 is 1.38 bits per heavy atom. The van der Waals surface area contributed by atoms with Gasteiger partial charge in [0, 0.05) is 13.1 Å². The van der Waals surface area contributed by atoms with Gasteiger partial charge in [-0.05, 0) is 23.6 Å². The fourth-order valence-corrected chi connectivity index (χ4v) is 1.18. The van der Waals surface area contributed by atoms with Crippen LogP contribution in [0.15, 0.2) is 18.2 Å². The molecule has 74 valence electrons. The van der Waals surface area contributed by atoms with Crippen molar-refractivity contribution in [3.63, 3.8) is 0 Å². The topological polar surface area (TPSA) is 52.0 Å². The summed E-state index contributed by atoms with van der Waals surface area (Å²) >= 11 is 0. The minimum absolute atomic E-state index is 0.597. The van der Waals surface area contributed by atoms with Crippen molar-refractivity contribution in [1.29, 1.82) is 0 Å². The van der Waals surface area contributed by atoms with Crippen molar-refractivity contribution in [2.24, 2.45) is 11.5 Å². The van der Waals surface area contributed by atoms with E-state index >= 15 is 0 Å². The van der Waals surface area contributed by atoms with Crippen LogP contribution in [0.3, 0.4) is 0 Å². The molecule has 0 radical (unpaired) electrons. The Labute approximate surface area is 80.9 Å². The lowest BCUT2D eigenvalue weighted by molar-refractivity contribution is 0.995. The lowest BCUT2D eigenvalue weighted by atomic mass is 10.0. The van der Waals surface area contributed by atoms with Gasteiger partial charge in [0.05, 0.1) is 0 Å². The molecule has 0 fully saturated rings. The first-order chi connectivity index (χ1) is 6.29. The number of rotatable bonds is 2. The highest BCUT2D eigenvalue weighted by Gasteiger charge is 1.99. The molecule has 1 rings (SSSR count). The lowest BCUT2D eigenvalue weighted by Gasteiger charge is -2.06. The molecule has 2 heteroatoms. The first-order valence-electron chi connectivity index (χ1n) is 4.77. The highest BCUT2D eigenvalue weighted by Crippen LogP contribution is 2.11. The van der Waals surface area contributed by atoms with Crippen LogP contribution < -0.4 is 11.5 Å². The summed E-state index contributed by atoms with van der Waals surface area (Å²) in [6.45, 7) is 7.25. The zero-order valence-electron chi connectivity index (χ0n) is 8.80. The summed E-state index contributed by atoms with van der Waals surface area (Å²) < 4.78 is 0. The van der Waals surface area contributed by atoms with Gasteiger partial charge in [0.1, 0.15) is 0 Å². The average molecular weight is 180 g/mol. The molecule has 0 bridgehead atoms. The maximum atomic E-state index is 5.53. The molecule has 2 nitrogen and oxygen atoms in total. The summed E-state index contributed by atoms with van der Waals surface area (Å²) in [5.41, 5.74) is 14.7. The third kappa shape index (κ3) is 3.17. The van der Waals surface area contributed by atoms with Crippen LogP contribution >= 0.6 is 0 Å². The van der Waals surface area contributed by atoms with E-state index in [0.717, 1.165) is 0 Å². The monoisotopic (exact) mass is 180 g/mol. The zero-order valence-corrected chi connectivity index (χ0v) is 8.80. The van der Waals surface area contributed by atoms with Gasteiger partial charge in [0.15, 0.2) is 0 Å². The highest BCUT2D eigenvalue weighted by molar-refractivity contribution is 5.33. The fourth-order valence-electron chi connectivity index (χ4n) is 1.18. The summed E-state index contributed by atoms with van der Waals surface area (Å²) in [5, 5.41) is 0. The zero-order chi connectivity index (χ0) is 10.3. The Hall–Kier alpha value is -0.860. The molecule has 0 aliphatic heterocycles. The molecule has 0 spiro atoms. The molecule has 0 aliphatic rings. The molecule has 0 aliphatic carbocycles. The van der Waals surface area contributed by atoms with Gasteiger partial charge in [-0.2, -0.15) is 0 Å². The Kier molecular flexibility index (Phi) is 6.20. The maximum absolute atomic E-state index is 5.53. The maximum Gasteiger partial charge on any atom is 0.0180 e. The van der Waals surface area contributed by atoms with Gasteiger partial charge in [-0.25, -0.2) is 0 Å². The molecule has 13 heavy (non-hydrogen) atoms. The third-order valence-electron chi connectivity index (χ3n) is 2.00. The van der Waals surface area contributed by atoms with E-state index in [2.05, 4.69) is 6.92 Å².